The zero-order valence-electron chi connectivity index (χ0n) is 18.6. The van der Waals surface area contributed by atoms with Crippen molar-refractivity contribution in [1.82, 2.24) is 0 Å². The minimum atomic E-state index is -0.538. The third-order valence-corrected chi connectivity index (χ3v) is 6.08. The number of guanidine groups is 2. The fourth-order valence-corrected chi connectivity index (χ4v) is 4.78. The Labute approximate surface area is 184 Å². The maximum atomic E-state index is 6.47. The number of ether oxygens (including phenoxy) is 3. The lowest BCUT2D eigenvalue weighted by atomic mass is 9.87. The molecule has 3 aliphatic rings. The molecule has 1 aromatic carbocycles. The van der Waals surface area contributed by atoms with E-state index in [9.17, 15) is 0 Å². The Morgan fingerprint density at radius 3 is 2.23 bits per heavy atom. The van der Waals surface area contributed by atoms with Crippen molar-refractivity contribution in [2.45, 2.75) is 51.6 Å². The van der Waals surface area contributed by atoms with Gasteiger partial charge in [0.25, 0.3) is 0 Å². The van der Waals surface area contributed by atoms with Gasteiger partial charge in [0, 0.05) is 25.2 Å². The van der Waals surface area contributed by atoms with Crippen LogP contribution in [0.25, 0.3) is 0 Å². The maximum absolute atomic E-state index is 6.47. The van der Waals surface area contributed by atoms with Gasteiger partial charge >= 0.3 is 0 Å². The van der Waals surface area contributed by atoms with Crippen LogP contribution in [0.3, 0.4) is 0 Å². The molecule has 9 nitrogen and oxygen atoms in total. The number of hydrogen-bond acceptors (Lipinski definition) is 9. The van der Waals surface area contributed by atoms with E-state index in [4.69, 9.17) is 30.7 Å². The summed E-state index contributed by atoms with van der Waals surface area (Å²) in [4.78, 5) is 13.4. The predicted octanol–water partition coefficient (Wildman–Crippen LogP) is 2.43. The first kappa shape index (κ1) is 21.5. The number of aliphatic imine (C=N–C) groups is 2. The smallest absolute Gasteiger partial charge is 0.220 e. The largest absolute Gasteiger partial charge is 0.492 e. The molecular weight excluding hydrogens is 396 g/mol. The number of benzene rings is 1. The van der Waals surface area contributed by atoms with Crippen molar-refractivity contribution in [2.75, 3.05) is 49.3 Å². The molecule has 1 saturated heterocycles. The summed E-state index contributed by atoms with van der Waals surface area (Å²) >= 11 is 0. The molecule has 0 aromatic heterocycles. The van der Waals surface area contributed by atoms with Crippen LogP contribution in [0.5, 0.6) is 11.5 Å². The molecule has 170 valence electrons. The highest BCUT2D eigenvalue weighted by molar-refractivity contribution is 6.06. The minimum Gasteiger partial charge on any atom is -0.492 e. The van der Waals surface area contributed by atoms with E-state index in [1.165, 1.54) is 6.42 Å². The zero-order valence-corrected chi connectivity index (χ0v) is 18.6. The summed E-state index contributed by atoms with van der Waals surface area (Å²) in [7, 11) is 0. The summed E-state index contributed by atoms with van der Waals surface area (Å²) < 4.78 is 17.7. The fourth-order valence-electron chi connectivity index (χ4n) is 4.78. The molecule has 0 amide bonds. The van der Waals surface area contributed by atoms with Crippen LogP contribution >= 0.6 is 0 Å². The Morgan fingerprint density at radius 1 is 0.968 bits per heavy atom. The quantitative estimate of drug-likeness (QED) is 0.713. The van der Waals surface area contributed by atoms with E-state index >= 15 is 0 Å². The van der Waals surface area contributed by atoms with E-state index in [-0.39, 0.29) is 5.96 Å². The van der Waals surface area contributed by atoms with Gasteiger partial charge in [0.2, 0.25) is 11.9 Å². The summed E-state index contributed by atoms with van der Waals surface area (Å²) in [6, 6.07) is 4.08. The number of morpholine rings is 1. The summed E-state index contributed by atoms with van der Waals surface area (Å²) in [5.74, 6) is 2.12. The Balaban J connectivity index is 1.83. The average molecular weight is 431 g/mol. The number of rotatable bonds is 6. The molecule has 31 heavy (non-hydrogen) atoms. The van der Waals surface area contributed by atoms with Gasteiger partial charge in [0.1, 0.15) is 17.2 Å². The van der Waals surface area contributed by atoms with Crippen molar-refractivity contribution in [3.05, 3.63) is 12.1 Å². The van der Waals surface area contributed by atoms with E-state index in [2.05, 4.69) is 16.0 Å². The summed E-state index contributed by atoms with van der Waals surface area (Å²) in [5, 5.41) is 0. The van der Waals surface area contributed by atoms with Crippen LogP contribution in [0.4, 0.5) is 11.4 Å². The summed E-state index contributed by atoms with van der Waals surface area (Å²) in [6.45, 7) is 8.07. The van der Waals surface area contributed by atoms with Crippen LogP contribution in [0.1, 0.15) is 46.0 Å². The molecule has 1 saturated carbocycles. The highest BCUT2D eigenvalue weighted by Gasteiger charge is 2.44. The van der Waals surface area contributed by atoms with Crippen LogP contribution < -0.4 is 30.7 Å². The minimum absolute atomic E-state index is 0.239. The van der Waals surface area contributed by atoms with Gasteiger partial charge in [0.05, 0.1) is 37.8 Å². The van der Waals surface area contributed by atoms with Crippen molar-refractivity contribution in [3.8, 4) is 11.5 Å². The fraction of sp³-hybridized carbons (Fsp3) is 0.636. The molecule has 2 aliphatic heterocycles. The van der Waals surface area contributed by atoms with Crippen molar-refractivity contribution < 1.29 is 14.2 Å². The Hall–Kier alpha value is -2.68. The topological polar surface area (TPSA) is 111 Å². The molecule has 1 aliphatic carbocycles. The first-order valence-electron chi connectivity index (χ1n) is 11.3. The highest BCUT2D eigenvalue weighted by Crippen LogP contribution is 2.46. The third kappa shape index (κ3) is 4.23. The van der Waals surface area contributed by atoms with Crippen LogP contribution in [0, 0.1) is 0 Å². The zero-order chi connectivity index (χ0) is 21.8. The molecule has 4 rings (SSSR count). The second-order valence-corrected chi connectivity index (χ2v) is 8.07. The van der Waals surface area contributed by atoms with E-state index in [1.807, 2.05) is 24.8 Å². The molecule has 0 atom stereocenters. The second kappa shape index (κ2) is 9.21. The Kier molecular flexibility index (Phi) is 6.41. The Morgan fingerprint density at radius 2 is 1.58 bits per heavy atom. The number of nitrogens with zero attached hydrogens (tertiary/aromatic N) is 4. The average Bonchev–Trinajstić information content (AvgIpc) is 2.76. The summed E-state index contributed by atoms with van der Waals surface area (Å²) in [6.07, 6.45) is 5.04. The lowest BCUT2D eigenvalue weighted by Gasteiger charge is -2.46. The normalized spacial score (nSPS) is 21.0. The predicted molar refractivity (Wildman–Crippen MR) is 123 cm³/mol. The van der Waals surface area contributed by atoms with Gasteiger partial charge in [-0.25, -0.2) is 4.99 Å². The molecular formula is C22H34N6O3. The first-order chi connectivity index (χ1) is 15.1. The van der Waals surface area contributed by atoms with Gasteiger partial charge in [0.15, 0.2) is 0 Å². The monoisotopic (exact) mass is 430 g/mol. The van der Waals surface area contributed by atoms with Gasteiger partial charge in [-0.1, -0.05) is 6.42 Å². The van der Waals surface area contributed by atoms with Gasteiger partial charge < -0.3 is 30.6 Å². The lowest BCUT2D eigenvalue weighted by Crippen LogP contribution is -2.58. The number of anilines is 2. The van der Waals surface area contributed by atoms with Crippen LogP contribution in [-0.4, -0.2) is 57.1 Å². The molecule has 1 spiro atoms. The van der Waals surface area contributed by atoms with E-state index in [1.54, 1.807) is 0 Å². The second-order valence-electron chi connectivity index (χ2n) is 8.07. The van der Waals surface area contributed by atoms with Crippen molar-refractivity contribution in [1.29, 1.82) is 0 Å². The van der Waals surface area contributed by atoms with Crippen LogP contribution in [-0.2, 0) is 4.74 Å². The van der Waals surface area contributed by atoms with Gasteiger partial charge in [-0.05, 0) is 39.5 Å². The van der Waals surface area contributed by atoms with Crippen LogP contribution in [0.2, 0.25) is 0 Å². The lowest BCUT2D eigenvalue weighted by molar-refractivity contribution is 0.122. The number of hydrogen-bond donors (Lipinski definition) is 2. The first-order valence-corrected chi connectivity index (χ1v) is 11.3. The van der Waals surface area contributed by atoms with E-state index in [0.29, 0.717) is 32.4 Å². The third-order valence-electron chi connectivity index (χ3n) is 6.08. The van der Waals surface area contributed by atoms with E-state index < -0.39 is 5.66 Å². The molecule has 4 N–H and O–H groups in total. The Bertz CT molecular complexity index is 844. The van der Waals surface area contributed by atoms with Crippen LogP contribution in [0.15, 0.2) is 22.1 Å². The van der Waals surface area contributed by atoms with Gasteiger partial charge in [-0.3, -0.25) is 4.90 Å². The van der Waals surface area contributed by atoms with E-state index in [0.717, 1.165) is 61.6 Å². The van der Waals surface area contributed by atoms with Crippen molar-refractivity contribution >= 4 is 23.3 Å². The summed E-state index contributed by atoms with van der Waals surface area (Å²) in [5.41, 5.74) is 13.8. The molecule has 2 fully saturated rings. The molecule has 2 heterocycles. The van der Waals surface area contributed by atoms with Gasteiger partial charge in [-0.15, -0.1) is 0 Å². The number of nitrogens with two attached hydrogens (primary N) is 2. The highest BCUT2D eigenvalue weighted by atomic mass is 16.5. The molecule has 1 aromatic rings. The standard InChI is InChI=1S/C22H34N6O3/c1-3-30-18-15-17(19(31-4-2)14-16(18)27-10-12-29-13-11-27)28-21(24)25-20(23)26-22(28)8-6-5-7-9-22/h14-15H,3-13H2,1-2H3,(H4,23,24,25,26). The molecule has 0 unspecified atom stereocenters. The maximum Gasteiger partial charge on any atom is 0.220 e. The molecule has 0 radical (unpaired) electrons. The SMILES string of the molecule is CCOc1cc(N2C(N)=NC(N)=NC23CCCCC3)c(OCC)cc1N1CCOCC1. The van der Waals surface area contributed by atoms with Gasteiger partial charge in [-0.2, -0.15) is 4.99 Å². The molecule has 9 heteroatoms. The van der Waals surface area contributed by atoms with Crippen molar-refractivity contribution in [3.63, 3.8) is 0 Å². The molecule has 0 bridgehead atoms. The van der Waals surface area contributed by atoms with Crippen molar-refractivity contribution in [2.24, 2.45) is 21.5 Å².